The zero-order valence-corrected chi connectivity index (χ0v) is 9.88. The number of carbonyl (C=O) groups is 1. The summed E-state index contributed by atoms with van der Waals surface area (Å²) in [4.78, 5) is 13.4. The number of amides is 1. The summed E-state index contributed by atoms with van der Waals surface area (Å²) in [7, 11) is 2.01. The monoisotopic (exact) mass is 213 g/mol. The van der Waals surface area contributed by atoms with Gasteiger partial charge >= 0.3 is 0 Å². The highest BCUT2D eigenvalue weighted by atomic mass is 16.1. The Bertz CT molecular complexity index is 214. The number of nitrogens with one attached hydrogen (secondary N) is 1. The van der Waals surface area contributed by atoms with Gasteiger partial charge in [-0.3, -0.25) is 9.69 Å². The second-order valence-corrected chi connectivity index (χ2v) is 4.66. The predicted octanol–water partition coefficient (Wildman–Crippen LogP) is 0.183. The molecule has 0 unspecified atom stereocenters. The molecule has 88 valence electrons. The molecule has 0 spiro atoms. The highest BCUT2D eigenvalue weighted by molar-refractivity contribution is 5.77. The summed E-state index contributed by atoms with van der Waals surface area (Å²) in [6.07, 6.45) is 3.63. The van der Waals surface area contributed by atoms with Crippen LogP contribution in [0.5, 0.6) is 0 Å². The molecule has 1 fully saturated rings. The smallest absolute Gasteiger partial charge is 0.234 e. The van der Waals surface area contributed by atoms with Gasteiger partial charge in [-0.2, -0.15) is 0 Å². The van der Waals surface area contributed by atoms with E-state index in [2.05, 4.69) is 10.2 Å². The van der Waals surface area contributed by atoms with Gasteiger partial charge in [-0.15, -0.1) is 0 Å². The van der Waals surface area contributed by atoms with E-state index >= 15 is 0 Å². The molecule has 1 amide bonds. The third-order valence-electron chi connectivity index (χ3n) is 3.02. The first-order valence-corrected chi connectivity index (χ1v) is 5.77. The van der Waals surface area contributed by atoms with Crippen molar-refractivity contribution in [3.05, 3.63) is 0 Å². The number of rotatable bonds is 7. The van der Waals surface area contributed by atoms with Crippen molar-refractivity contribution in [2.24, 2.45) is 11.1 Å². The van der Waals surface area contributed by atoms with Crippen LogP contribution in [0.15, 0.2) is 0 Å². The standard InChI is InChI=1S/C11H23N3O/c1-3-13-10(15)8-14(2)9-11(4-5-11)6-7-12/h3-9,12H2,1-2H3,(H,13,15). The van der Waals surface area contributed by atoms with Crippen molar-refractivity contribution in [1.82, 2.24) is 10.2 Å². The van der Waals surface area contributed by atoms with E-state index in [-0.39, 0.29) is 5.91 Å². The fraction of sp³-hybridized carbons (Fsp3) is 0.909. The van der Waals surface area contributed by atoms with Gasteiger partial charge < -0.3 is 11.1 Å². The van der Waals surface area contributed by atoms with Crippen LogP contribution in [-0.2, 0) is 4.79 Å². The lowest BCUT2D eigenvalue weighted by Gasteiger charge is -2.22. The summed E-state index contributed by atoms with van der Waals surface area (Å²) >= 11 is 0. The molecule has 0 aromatic carbocycles. The van der Waals surface area contributed by atoms with E-state index in [1.165, 1.54) is 12.8 Å². The van der Waals surface area contributed by atoms with Crippen LogP contribution >= 0.6 is 0 Å². The predicted molar refractivity (Wildman–Crippen MR) is 61.5 cm³/mol. The van der Waals surface area contributed by atoms with Crippen molar-refractivity contribution in [3.8, 4) is 0 Å². The first kappa shape index (κ1) is 12.5. The van der Waals surface area contributed by atoms with Gasteiger partial charge in [0.05, 0.1) is 6.54 Å². The minimum absolute atomic E-state index is 0.114. The van der Waals surface area contributed by atoms with Crippen LogP contribution in [0.1, 0.15) is 26.2 Å². The Labute approximate surface area is 92.2 Å². The average molecular weight is 213 g/mol. The van der Waals surface area contributed by atoms with E-state index in [9.17, 15) is 4.79 Å². The number of nitrogens with zero attached hydrogens (tertiary/aromatic N) is 1. The Morgan fingerprint density at radius 3 is 2.67 bits per heavy atom. The van der Waals surface area contributed by atoms with Gasteiger partial charge in [0, 0.05) is 13.1 Å². The van der Waals surface area contributed by atoms with Crippen LogP contribution in [-0.4, -0.2) is 44.0 Å². The topological polar surface area (TPSA) is 58.4 Å². The van der Waals surface area contributed by atoms with Gasteiger partial charge in [-0.1, -0.05) is 0 Å². The molecular weight excluding hydrogens is 190 g/mol. The Morgan fingerprint density at radius 2 is 2.20 bits per heavy atom. The molecule has 0 aromatic heterocycles. The highest BCUT2D eigenvalue weighted by Gasteiger charge is 2.42. The summed E-state index contributed by atoms with van der Waals surface area (Å²) in [6.45, 7) is 4.91. The van der Waals surface area contributed by atoms with Crippen molar-refractivity contribution in [3.63, 3.8) is 0 Å². The molecule has 0 saturated heterocycles. The summed E-state index contributed by atoms with van der Waals surface area (Å²) in [5.74, 6) is 0.114. The second-order valence-electron chi connectivity index (χ2n) is 4.66. The average Bonchev–Trinajstić information content (AvgIpc) is 2.85. The van der Waals surface area contributed by atoms with Gasteiger partial charge in [0.25, 0.3) is 0 Å². The molecule has 4 heteroatoms. The van der Waals surface area contributed by atoms with Gasteiger partial charge in [-0.25, -0.2) is 0 Å². The molecule has 0 heterocycles. The van der Waals surface area contributed by atoms with E-state index < -0.39 is 0 Å². The molecule has 4 nitrogen and oxygen atoms in total. The van der Waals surface area contributed by atoms with Crippen LogP contribution in [0, 0.1) is 5.41 Å². The normalized spacial score (nSPS) is 17.9. The Hall–Kier alpha value is -0.610. The van der Waals surface area contributed by atoms with Crippen LogP contribution in [0.4, 0.5) is 0 Å². The van der Waals surface area contributed by atoms with Crippen molar-refractivity contribution in [2.75, 3.05) is 33.2 Å². The maximum Gasteiger partial charge on any atom is 0.234 e. The maximum absolute atomic E-state index is 11.3. The molecule has 15 heavy (non-hydrogen) atoms. The summed E-state index contributed by atoms with van der Waals surface area (Å²) in [5.41, 5.74) is 6.01. The molecule has 0 radical (unpaired) electrons. The lowest BCUT2D eigenvalue weighted by molar-refractivity contribution is -0.122. The largest absolute Gasteiger partial charge is 0.355 e. The lowest BCUT2D eigenvalue weighted by atomic mass is 10.0. The molecule has 0 aromatic rings. The molecule has 3 N–H and O–H groups in total. The zero-order valence-electron chi connectivity index (χ0n) is 9.88. The fourth-order valence-electron chi connectivity index (χ4n) is 2.10. The molecule has 1 aliphatic carbocycles. The minimum atomic E-state index is 0.114. The molecular formula is C11H23N3O. The van der Waals surface area contributed by atoms with Crippen LogP contribution in [0.25, 0.3) is 0 Å². The van der Waals surface area contributed by atoms with E-state index in [1.807, 2.05) is 14.0 Å². The lowest BCUT2D eigenvalue weighted by Crippen LogP contribution is -2.38. The van der Waals surface area contributed by atoms with E-state index in [0.29, 0.717) is 18.5 Å². The molecule has 0 aliphatic heterocycles. The van der Waals surface area contributed by atoms with E-state index in [0.717, 1.165) is 19.5 Å². The zero-order chi connectivity index (χ0) is 11.3. The summed E-state index contributed by atoms with van der Waals surface area (Å²) < 4.78 is 0. The Kier molecular flexibility index (Phi) is 4.54. The van der Waals surface area contributed by atoms with Crippen molar-refractivity contribution in [1.29, 1.82) is 0 Å². The summed E-state index contributed by atoms with van der Waals surface area (Å²) in [5, 5.41) is 2.81. The molecule has 1 rings (SSSR count). The van der Waals surface area contributed by atoms with Crippen molar-refractivity contribution >= 4 is 5.91 Å². The third kappa shape index (κ3) is 4.18. The van der Waals surface area contributed by atoms with E-state index in [4.69, 9.17) is 5.73 Å². The number of nitrogens with two attached hydrogens (primary N) is 1. The van der Waals surface area contributed by atoms with Crippen molar-refractivity contribution < 1.29 is 4.79 Å². The second kappa shape index (κ2) is 5.47. The number of likely N-dealkylation sites (N-methyl/N-ethyl adjacent to an activating group) is 2. The van der Waals surface area contributed by atoms with Gasteiger partial charge in [-0.05, 0) is 45.2 Å². The third-order valence-corrected chi connectivity index (χ3v) is 3.02. The quantitative estimate of drug-likeness (QED) is 0.634. The highest BCUT2D eigenvalue weighted by Crippen LogP contribution is 2.48. The van der Waals surface area contributed by atoms with Crippen LogP contribution in [0.2, 0.25) is 0 Å². The van der Waals surface area contributed by atoms with Gasteiger partial charge in [0.1, 0.15) is 0 Å². The number of carbonyl (C=O) groups excluding carboxylic acids is 1. The molecule has 0 atom stereocenters. The Morgan fingerprint density at radius 1 is 1.53 bits per heavy atom. The first-order chi connectivity index (χ1) is 7.12. The van der Waals surface area contributed by atoms with Gasteiger partial charge in [0.2, 0.25) is 5.91 Å². The van der Waals surface area contributed by atoms with E-state index in [1.54, 1.807) is 0 Å². The van der Waals surface area contributed by atoms with Gasteiger partial charge in [0.15, 0.2) is 0 Å². The number of hydrogen-bond acceptors (Lipinski definition) is 3. The van der Waals surface area contributed by atoms with Crippen LogP contribution < -0.4 is 11.1 Å². The summed E-state index contributed by atoms with van der Waals surface area (Å²) in [6, 6.07) is 0. The number of hydrogen-bond donors (Lipinski definition) is 2. The van der Waals surface area contributed by atoms with Crippen molar-refractivity contribution in [2.45, 2.75) is 26.2 Å². The Balaban J connectivity index is 2.23. The SMILES string of the molecule is CCNC(=O)CN(C)CC1(CCN)CC1. The molecule has 0 bridgehead atoms. The first-order valence-electron chi connectivity index (χ1n) is 5.77. The fourth-order valence-corrected chi connectivity index (χ4v) is 2.10. The maximum atomic E-state index is 11.3. The van der Waals surface area contributed by atoms with Crippen LogP contribution in [0.3, 0.4) is 0 Å². The molecule has 1 saturated carbocycles. The molecule has 1 aliphatic rings. The minimum Gasteiger partial charge on any atom is -0.355 e.